The maximum Gasteiger partial charge on any atom is 0.209 e. The first kappa shape index (κ1) is 14.5. The molecule has 1 aliphatic heterocycles. The van der Waals surface area contributed by atoms with Gasteiger partial charge in [-0.05, 0) is 17.7 Å². The van der Waals surface area contributed by atoms with Crippen molar-refractivity contribution >= 4 is 28.5 Å². The van der Waals surface area contributed by atoms with Crippen LogP contribution in [0.3, 0.4) is 0 Å². The molecule has 2 aliphatic rings. The Bertz CT molecular complexity index is 1270. The lowest BCUT2D eigenvalue weighted by atomic mass is 9.94. The summed E-state index contributed by atoms with van der Waals surface area (Å²) in [5.74, 6) is 0.860. The van der Waals surface area contributed by atoms with Gasteiger partial charge in [-0.15, -0.1) is 0 Å². The summed E-state index contributed by atoms with van der Waals surface area (Å²) in [6, 6.07) is 25.8. The molecule has 0 saturated heterocycles. The Balaban J connectivity index is 1.69. The number of para-hydroxylation sites is 2. The van der Waals surface area contributed by atoms with Crippen molar-refractivity contribution in [3.8, 4) is 0 Å². The van der Waals surface area contributed by atoms with E-state index in [2.05, 4.69) is 28.1 Å². The number of imidazole rings is 1. The van der Waals surface area contributed by atoms with Gasteiger partial charge < -0.3 is 5.32 Å². The molecule has 6 rings (SSSR count). The summed E-state index contributed by atoms with van der Waals surface area (Å²) in [7, 11) is 0. The van der Waals surface area contributed by atoms with Gasteiger partial charge in [0.15, 0.2) is 5.78 Å². The predicted octanol–water partition coefficient (Wildman–Crippen LogP) is 4.66. The summed E-state index contributed by atoms with van der Waals surface area (Å²) in [5, 5.41) is 3.45. The standard InChI is InChI=1S/C23H15N3O/c27-22-16-11-5-4-10-15(16)20-19(22)21(14-8-2-1-3-9-14)26-18-13-7-6-12-17(18)24-23(26)25-20/h1-13,21H,(H,24,25)/t21-/m0/s1. The fraction of sp³-hybridized carbons (Fsp3) is 0.0435. The van der Waals surface area contributed by atoms with Crippen molar-refractivity contribution in [1.82, 2.24) is 9.55 Å². The number of hydrogen-bond acceptors (Lipinski definition) is 3. The molecule has 0 amide bonds. The zero-order chi connectivity index (χ0) is 18.0. The van der Waals surface area contributed by atoms with E-state index in [1.165, 1.54) is 0 Å². The zero-order valence-electron chi connectivity index (χ0n) is 14.4. The first-order chi connectivity index (χ1) is 13.3. The van der Waals surface area contributed by atoms with Crippen molar-refractivity contribution < 1.29 is 4.79 Å². The fourth-order valence-corrected chi connectivity index (χ4v) is 4.28. The van der Waals surface area contributed by atoms with E-state index in [-0.39, 0.29) is 11.8 Å². The fourth-order valence-electron chi connectivity index (χ4n) is 4.28. The van der Waals surface area contributed by atoms with Crippen LogP contribution in [-0.4, -0.2) is 15.3 Å². The van der Waals surface area contributed by atoms with E-state index in [0.717, 1.165) is 44.9 Å². The van der Waals surface area contributed by atoms with Gasteiger partial charge in [0.1, 0.15) is 0 Å². The number of carbonyl (C=O) groups excluding carboxylic acids is 1. The molecular weight excluding hydrogens is 334 g/mol. The third-order valence-electron chi connectivity index (χ3n) is 5.43. The minimum Gasteiger partial charge on any atom is -0.325 e. The molecule has 0 unspecified atom stereocenters. The van der Waals surface area contributed by atoms with Crippen LogP contribution in [0, 0.1) is 0 Å². The Morgan fingerprint density at radius 3 is 2.37 bits per heavy atom. The van der Waals surface area contributed by atoms with E-state index in [1.54, 1.807) is 0 Å². The lowest BCUT2D eigenvalue weighted by Crippen LogP contribution is -2.24. The minimum atomic E-state index is -0.204. The van der Waals surface area contributed by atoms with E-state index in [1.807, 2.05) is 60.7 Å². The van der Waals surface area contributed by atoms with Gasteiger partial charge in [0.25, 0.3) is 0 Å². The monoisotopic (exact) mass is 349 g/mol. The normalized spacial score (nSPS) is 17.5. The quantitative estimate of drug-likeness (QED) is 0.544. The van der Waals surface area contributed by atoms with Crippen LogP contribution in [0.5, 0.6) is 0 Å². The number of rotatable bonds is 1. The third-order valence-corrected chi connectivity index (χ3v) is 5.43. The van der Waals surface area contributed by atoms with Crippen molar-refractivity contribution in [3.63, 3.8) is 0 Å². The van der Waals surface area contributed by atoms with Crippen molar-refractivity contribution in [2.24, 2.45) is 0 Å². The number of anilines is 1. The molecule has 0 spiro atoms. The van der Waals surface area contributed by atoms with Crippen LogP contribution in [0.1, 0.15) is 27.5 Å². The highest BCUT2D eigenvalue weighted by molar-refractivity contribution is 6.23. The highest BCUT2D eigenvalue weighted by atomic mass is 16.1. The molecule has 0 radical (unpaired) electrons. The Morgan fingerprint density at radius 2 is 1.52 bits per heavy atom. The summed E-state index contributed by atoms with van der Waals surface area (Å²) >= 11 is 0. The van der Waals surface area contributed by atoms with Gasteiger partial charge in [-0.3, -0.25) is 9.36 Å². The molecule has 1 aliphatic carbocycles. The molecule has 0 fully saturated rings. The number of benzene rings is 3. The van der Waals surface area contributed by atoms with Gasteiger partial charge >= 0.3 is 0 Å². The number of fused-ring (bicyclic) bond motifs is 5. The summed E-state index contributed by atoms with van der Waals surface area (Å²) < 4.78 is 2.15. The van der Waals surface area contributed by atoms with E-state index in [0.29, 0.717) is 0 Å². The number of nitrogens with zero attached hydrogens (tertiary/aromatic N) is 2. The lowest BCUT2D eigenvalue weighted by Gasteiger charge is -2.28. The van der Waals surface area contributed by atoms with Gasteiger partial charge in [0.2, 0.25) is 5.95 Å². The number of hydrogen-bond donors (Lipinski definition) is 1. The molecule has 4 nitrogen and oxygen atoms in total. The van der Waals surface area contributed by atoms with Crippen LogP contribution in [0.2, 0.25) is 0 Å². The van der Waals surface area contributed by atoms with E-state index in [9.17, 15) is 4.79 Å². The largest absolute Gasteiger partial charge is 0.325 e. The predicted molar refractivity (Wildman–Crippen MR) is 106 cm³/mol. The number of ketones is 1. The number of allylic oxidation sites excluding steroid dienone is 1. The molecule has 128 valence electrons. The van der Waals surface area contributed by atoms with Crippen LogP contribution in [0.15, 0.2) is 84.4 Å². The van der Waals surface area contributed by atoms with Crippen molar-refractivity contribution in [1.29, 1.82) is 0 Å². The van der Waals surface area contributed by atoms with Crippen molar-refractivity contribution in [2.45, 2.75) is 6.04 Å². The summed E-state index contributed by atoms with van der Waals surface area (Å²) in [6.07, 6.45) is 0. The maximum atomic E-state index is 13.4. The van der Waals surface area contributed by atoms with E-state index >= 15 is 0 Å². The van der Waals surface area contributed by atoms with Crippen LogP contribution in [0.4, 0.5) is 5.95 Å². The van der Waals surface area contributed by atoms with E-state index < -0.39 is 0 Å². The van der Waals surface area contributed by atoms with Crippen LogP contribution >= 0.6 is 0 Å². The topological polar surface area (TPSA) is 46.9 Å². The van der Waals surface area contributed by atoms with E-state index in [4.69, 9.17) is 4.98 Å². The smallest absolute Gasteiger partial charge is 0.209 e. The Labute approximate surface area is 155 Å². The number of carbonyl (C=O) groups is 1. The molecule has 1 aromatic heterocycles. The summed E-state index contributed by atoms with van der Waals surface area (Å²) in [5.41, 5.74) is 6.40. The lowest BCUT2D eigenvalue weighted by molar-refractivity contribution is 0.103. The summed E-state index contributed by atoms with van der Waals surface area (Å²) in [6.45, 7) is 0. The Morgan fingerprint density at radius 1 is 0.815 bits per heavy atom. The Hall–Kier alpha value is -3.66. The minimum absolute atomic E-state index is 0.0883. The van der Waals surface area contributed by atoms with Gasteiger partial charge in [-0.25, -0.2) is 4.98 Å². The number of aromatic nitrogens is 2. The van der Waals surface area contributed by atoms with Gasteiger partial charge in [-0.1, -0.05) is 66.7 Å². The molecular formula is C23H15N3O. The SMILES string of the molecule is O=C1C2=C(Nc3nc4ccccc4n3[C@H]2c2ccccc2)c2ccccc21. The van der Waals surface area contributed by atoms with Gasteiger partial charge in [0.05, 0.1) is 28.3 Å². The molecule has 4 aromatic rings. The van der Waals surface area contributed by atoms with Gasteiger partial charge in [-0.2, -0.15) is 0 Å². The molecule has 2 heterocycles. The average molecular weight is 349 g/mol. The maximum absolute atomic E-state index is 13.4. The molecule has 27 heavy (non-hydrogen) atoms. The highest BCUT2D eigenvalue weighted by Gasteiger charge is 2.40. The second-order valence-corrected chi connectivity index (χ2v) is 6.90. The first-order valence-electron chi connectivity index (χ1n) is 9.00. The van der Waals surface area contributed by atoms with Crippen LogP contribution in [-0.2, 0) is 0 Å². The van der Waals surface area contributed by atoms with Crippen LogP contribution in [0.25, 0.3) is 16.7 Å². The zero-order valence-corrected chi connectivity index (χ0v) is 14.4. The molecule has 3 aromatic carbocycles. The second kappa shape index (κ2) is 5.17. The van der Waals surface area contributed by atoms with Crippen LogP contribution < -0.4 is 5.32 Å². The first-order valence-corrected chi connectivity index (χ1v) is 9.00. The molecule has 0 bridgehead atoms. The molecule has 1 N–H and O–H groups in total. The molecule has 0 saturated carbocycles. The molecule has 4 heteroatoms. The average Bonchev–Trinajstić information content (AvgIpc) is 3.23. The molecule has 1 atom stereocenters. The van der Waals surface area contributed by atoms with Gasteiger partial charge in [0, 0.05) is 11.1 Å². The third kappa shape index (κ3) is 1.87. The highest BCUT2D eigenvalue weighted by Crippen LogP contribution is 2.46. The Kier molecular flexibility index (Phi) is 2.78. The van der Waals surface area contributed by atoms with Crippen molar-refractivity contribution in [3.05, 3.63) is 101 Å². The number of nitrogens with one attached hydrogen (secondary N) is 1. The van der Waals surface area contributed by atoms with Crippen molar-refractivity contribution in [2.75, 3.05) is 5.32 Å². The number of Topliss-reactive ketones (excluding diaryl/α,β-unsaturated/α-hetero) is 1. The summed E-state index contributed by atoms with van der Waals surface area (Å²) in [4.78, 5) is 18.1. The second-order valence-electron chi connectivity index (χ2n) is 6.90.